The number of anilines is 1. The van der Waals surface area contributed by atoms with Crippen LogP contribution in [0.5, 0.6) is 5.75 Å². The molecule has 2 heterocycles. The van der Waals surface area contributed by atoms with Crippen molar-refractivity contribution in [1.29, 1.82) is 0 Å². The maximum atomic E-state index is 12.4. The Balaban J connectivity index is 1.60. The van der Waals surface area contributed by atoms with E-state index in [1.807, 2.05) is 26.0 Å². The number of ether oxygens (including phenoxy) is 1. The first kappa shape index (κ1) is 20.1. The van der Waals surface area contributed by atoms with E-state index >= 15 is 0 Å². The fraction of sp³-hybridized carbons (Fsp3) is 0.400. The zero-order valence-corrected chi connectivity index (χ0v) is 16.9. The van der Waals surface area contributed by atoms with Crippen LogP contribution in [0.15, 0.2) is 42.7 Å². The molecule has 8 heteroatoms. The van der Waals surface area contributed by atoms with Crippen LogP contribution in [0.1, 0.15) is 25.0 Å². The Bertz CT molecular complexity index is 930. The van der Waals surface area contributed by atoms with E-state index in [1.165, 1.54) is 0 Å². The minimum atomic E-state index is -3.35. The molecule has 0 unspecified atom stereocenters. The molecule has 0 saturated heterocycles. The van der Waals surface area contributed by atoms with E-state index in [4.69, 9.17) is 4.74 Å². The van der Waals surface area contributed by atoms with Crippen molar-refractivity contribution in [3.8, 4) is 5.75 Å². The Morgan fingerprint density at radius 3 is 2.82 bits per heavy atom. The highest BCUT2D eigenvalue weighted by Crippen LogP contribution is 2.24. The number of carbonyl (C=O) groups is 1. The van der Waals surface area contributed by atoms with E-state index in [0.717, 1.165) is 11.1 Å². The number of hydrogen-bond donors (Lipinski definition) is 1. The number of hydrogen-bond acceptors (Lipinski definition) is 5. The Hall–Kier alpha value is -2.61. The molecule has 150 valence electrons. The number of sulfonamides is 1. The van der Waals surface area contributed by atoms with Crippen LogP contribution in [-0.4, -0.2) is 43.1 Å². The summed E-state index contributed by atoms with van der Waals surface area (Å²) in [5, 5.41) is 0. The lowest BCUT2D eigenvalue weighted by Gasteiger charge is -2.29. The molecule has 1 aliphatic heterocycles. The number of rotatable bonds is 7. The van der Waals surface area contributed by atoms with Crippen LogP contribution in [0.4, 0.5) is 5.69 Å². The first-order chi connectivity index (χ1) is 13.3. The fourth-order valence-electron chi connectivity index (χ4n) is 3.16. The molecule has 0 atom stereocenters. The van der Waals surface area contributed by atoms with E-state index < -0.39 is 10.0 Å². The fourth-order valence-corrected chi connectivity index (χ4v) is 4.61. The van der Waals surface area contributed by atoms with E-state index in [1.54, 1.807) is 35.5 Å². The lowest BCUT2D eigenvalue weighted by Crippen LogP contribution is -2.38. The second-order valence-electron chi connectivity index (χ2n) is 7.30. The second kappa shape index (κ2) is 8.60. The molecule has 0 bridgehead atoms. The van der Waals surface area contributed by atoms with Gasteiger partial charge in [-0.3, -0.25) is 14.5 Å². The van der Waals surface area contributed by atoms with Crippen molar-refractivity contribution in [3.63, 3.8) is 0 Å². The largest absolute Gasteiger partial charge is 0.482 e. The minimum Gasteiger partial charge on any atom is -0.482 e. The monoisotopic (exact) mass is 403 g/mol. The lowest BCUT2D eigenvalue weighted by molar-refractivity contribution is -0.134. The molecule has 0 radical (unpaired) electrons. The van der Waals surface area contributed by atoms with Gasteiger partial charge in [0.1, 0.15) is 5.75 Å². The Labute approximate surface area is 165 Å². The summed E-state index contributed by atoms with van der Waals surface area (Å²) in [6.45, 7) is 4.77. The molecule has 2 aromatic rings. The molecular weight excluding hydrogens is 378 g/mol. The maximum absolute atomic E-state index is 12.4. The van der Waals surface area contributed by atoms with Gasteiger partial charge < -0.3 is 9.64 Å². The predicted octanol–water partition coefficient (Wildman–Crippen LogP) is 2.44. The first-order valence-corrected chi connectivity index (χ1v) is 10.9. The quantitative estimate of drug-likeness (QED) is 0.767. The second-order valence-corrected chi connectivity index (χ2v) is 9.07. The normalized spacial score (nSPS) is 13.9. The zero-order valence-electron chi connectivity index (χ0n) is 16.1. The van der Waals surface area contributed by atoms with Crippen LogP contribution >= 0.6 is 0 Å². The van der Waals surface area contributed by atoms with E-state index in [0.29, 0.717) is 30.9 Å². The summed E-state index contributed by atoms with van der Waals surface area (Å²) in [5.74, 6) is 0.620. The smallest absolute Gasteiger partial charge is 0.260 e. The third-order valence-electron chi connectivity index (χ3n) is 4.39. The van der Waals surface area contributed by atoms with Crippen molar-refractivity contribution in [2.24, 2.45) is 5.92 Å². The number of fused-ring (bicyclic) bond motifs is 1. The predicted molar refractivity (Wildman–Crippen MR) is 108 cm³/mol. The third kappa shape index (κ3) is 5.45. The SMILES string of the molecule is CC(C)CS(=O)(=O)Nc1ccc2c(c1)CCN(C(=O)COc1cccnc1)C2. The molecule has 0 saturated carbocycles. The van der Waals surface area contributed by atoms with Crippen LogP contribution < -0.4 is 9.46 Å². The maximum Gasteiger partial charge on any atom is 0.260 e. The van der Waals surface area contributed by atoms with E-state index in [2.05, 4.69) is 9.71 Å². The van der Waals surface area contributed by atoms with E-state index in [9.17, 15) is 13.2 Å². The summed E-state index contributed by atoms with van der Waals surface area (Å²) in [5.41, 5.74) is 2.65. The number of nitrogens with one attached hydrogen (secondary N) is 1. The summed E-state index contributed by atoms with van der Waals surface area (Å²) < 4.78 is 32.4. The number of benzene rings is 1. The Morgan fingerprint density at radius 2 is 2.11 bits per heavy atom. The summed E-state index contributed by atoms with van der Waals surface area (Å²) >= 11 is 0. The third-order valence-corrected chi connectivity index (χ3v) is 6.05. The Kier molecular flexibility index (Phi) is 6.18. The highest BCUT2D eigenvalue weighted by molar-refractivity contribution is 7.92. The van der Waals surface area contributed by atoms with Gasteiger partial charge in [0.05, 0.1) is 11.9 Å². The van der Waals surface area contributed by atoms with Gasteiger partial charge in [-0.2, -0.15) is 0 Å². The number of amides is 1. The van der Waals surface area contributed by atoms with Gasteiger partial charge in [-0.15, -0.1) is 0 Å². The molecule has 0 spiro atoms. The first-order valence-electron chi connectivity index (χ1n) is 9.25. The van der Waals surface area contributed by atoms with Crippen LogP contribution in [0, 0.1) is 5.92 Å². The van der Waals surface area contributed by atoms with Crippen LogP contribution in [0.25, 0.3) is 0 Å². The van der Waals surface area contributed by atoms with Gasteiger partial charge in [-0.1, -0.05) is 19.9 Å². The zero-order chi connectivity index (χ0) is 20.1. The van der Waals surface area contributed by atoms with Crippen molar-refractivity contribution >= 4 is 21.6 Å². The average molecular weight is 404 g/mol. The molecule has 1 N–H and O–H groups in total. The van der Waals surface area contributed by atoms with Crippen LogP contribution in [0.3, 0.4) is 0 Å². The molecule has 1 aliphatic rings. The molecule has 7 nitrogen and oxygen atoms in total. The molecule has 0 aliphatic carbocycles. The van der Waals surface area contributed by atoms with Crippen molar-refractivity contribution in [2.75, 3.05) is 23.6 Å². The van der Waals surface area contributed by atoms with Crippen LogP contribution in [0.2, 0.25) is 0 Å². The van der Waals surface area contributed by atoms with Gasteiger partial charge in [0, 0.05) is 25.0 Å². The molecular formula is C20H25N3O4S. The van der Waals surface area contributed by atoms with Gasteiger partial charge in [-0.05, 0) is 47.7 Å². The Morgan fingerprint density at radius 1 is 1.29 bits per heavy atom. The van der Waals surface area contributed by atoms with Crippen molar-refractivity contribution in [3.05, 3.63) is 53.9 Å². The number of carbonyl (C=O) groups excluding carboxylic acids is 1. The molecule has 1 aromatic heterocycles. The average Bonchev–Trinajstić information content (AvgIpc) is 2.65. The minimum absolute atomic E-state index is 0.0336. The highest BCUT2D eigenvalue weighted by atomic mass is 32.2. The lowest BCUT2D eigenvalue weighted by atomic mass is 9.99. The van der Waals surface area contributed by atoms with Gasteiger partial charge in [0.25, 0.3) is 5.91 Å². The molecule has 1 aromatic carbocycles. The number of pyridine rings is 1. The summed E-state index contributed by atoms with van der Waals surface area (Å²) in [6.07, 6.45) is 3.89. The molecule has 3 rings (SSSR count). The van der Waals surface area contributed by atoms with Gasteiger partial charge >= 0.3 is 0 Å². The van der Waals surface area contributed by atoms with Crippen molar-refractivity contribution < 1.29 is 17.9 Å². The molecule has 0 fully saturated rings. The topological polar surface area (TPSA) is 88.6 Å². The molecule has 1 amide bonds. The van der Waals surface area contributed by atoms with Gasteiger partial charge in [0.2, 0.25) is 10.0 Å². The summed E-state index contributed by atoms with van der Waals surface area (Å²) in [6, 6.07) is 9.00. The van der Waals surface area contributed by atoms with Crippen molar-refractivity contribution in [1.82, 2.24) is 9.88 Å². The van der Waals surface area contributed by atoms with Crippen molar-refractivity contribution in [2.45, 2.75) is 26.8 Å². The van der Waals surface area contributed by atoms with Gasteiger partial charge in [-0.25, -0.2) is 8.42 Å². The van der Waals surface area contributed by atoms with Crippen LogP contribution in [-0.2, 0) is 27.8 Å². The number of nitrogens with zero attached hydrogens (tertiary/aromatic N) is 2. The number of aromatic nitrogens is 1. The summed E-state index contributed by atoms with van der Waals surface area (Å²) in [7, 11) is -3.35. The van der Waals surface area contributed by atoms with Gasteiger partial charge in [0.15, 0.2) is 6.61 Å². The van der Waals surface area contributed by atoms with E-state index in [-0.39, 0.29) is 24.2 Å². The highest BCUT2D eigenvalue weighted by Gasteiger charge is 2.22. The molecule has 28 heavy (non-hydrogen) atoms. The standard InChI is InChI=1S/C20H25N3O4S/c1-15(2)14-28(25,26)22-18-6-5-17-12-23(9-7-16(17)10-18)20(24)13-27-19-4-3-8-21-11-19/h3-6,8,10-11,15,22H,7,9,12-14H2,1-2H3. The summed E-state index contributed by atoms with van der Waals surface area (Å²) in [4.78, 5) is 18.1.